The second-order valence-corrected chi connectivity index (χ2v) is 6.33. The zero-order valence-corrected chi connectivity index (χ0v) is 13.2. The van der Waals surface area contributed by atoms with Gasteiger partial charge in [-0.25, -0.2) is 0 Å². The average Bonchev–Trinajstić information content (AvgIpc) is 2.45. The molecule has 0 radical (unpaired) electrons. The summed E-state index contributed by atoms with van der Waals surface area (Å²) in [7, 11) is 0. The fourth-order valence-corrected chi connectivity index (χ4v) is 3.01. The minimum atomic E-state index is -0.0449. The number of halogens is 1. The second kappa shape index (κ2) is 7.09. The first-order valence-corrected chi connectivity index (χ1v) is 7.85. The number of rotatable bonds is 4. The Morgan fingerprint density at radius 3 is 3.10 bits per heavy atom. The number of aromatic hydroxyl groups is 1. The molecule has 2 unspecified atom stereocenters. The Labute approximate surface area is 128 Å². The van der Waals surface area contributed by atoms with E-state index in [2.05, 4.69) is 33.5 Å². The van der Waals surface area contributed by atoms with Crippen molar-refractivity contribution in [1.29, 1.82) is 0 Å². The van der Waals surface area contributed by atoms with Gasteiger partial charge in [0.2, 0.25) is 5.91 Å². The molecule has 0 saturated carbocycles. The number of phenolic OH excluding ortho intramolecular Hbond substituents is 1. The van der Waals surface area contributed by atoms with Crippen molar-refractivity contribution >= 4 is 27.5 Å². The van der Waals surface area contributed by atoms with Gasteiger partial charge in [-0.3, -0.25) is 4.79 Å². The number of hydrogen-bond donors (Lipinski definition) is 3. The molecule has 4 nitrogen and oxygen atoms in total. The molecule has 0 aliphatic carbocycles. The minimum absolute atomic E-state index is 0.0449. The molecule has 5 heteroatoms. The van der Waals surface area contributed by atoms with E-state index >= 15 is 0 Å². The maximum atomic E-state index is 12.1. The van der Waals surface area contributed by atoms with Gasteiger partial charge in [-0.1, -0.05) is 13.0 Å². The van der Waals surface area contributed by atoms with Gasteiger partial charge in [-0.2, -0.15) is 0 Å². The molecule has 1 aromatic carbocycles. The van der Waals surface area contributed by atoms with E-state index in [1.54, 1.807) is 18.2 Å². The van der Waals surface area contributed by atoms with Gasteiger partial charge in [-0.05, 0) is 65.8 Å². The summed E-state index contributed by atoms with van der Waals surface area (Å²) in [4.78, 5) is 12.1. The van der Waals surface area contributed by atoms with Crippen molar-refractivity contribution in [1.82, 2.24) is 5.32 Å². The van der Waals surface area contributed by atoms with E-state index in [0.29, 0.717) is 28.4 Å². The van der Waals surface area contributed by atoms with E-state index in [-0.39, 0.29) is 11.7 Å². The number of nitrogens with one attached hydrogen (secondary N) is 2. The van der Waals surface area contributed by atoms with Crippen LogP contribution < -0.4 is 10.6 Å². The summed E-state index contributed by atoms with van der Waals surface area (Å²) in [5, 5.41) is 16.0. The molecule has 1 fully saturated rings. The maximum Gasteiger partial charge on any atom is 0.224 e. The molecule has 1 aliphatic rings. The number of amides is 1. The van der Waals surface area contributed by atoms with Crippen LogP contribution in [0.2, 0.25) is 0 Å². The molecule has 2 rings (SSSR count). The van der Waals surface area contributed by atoms with Gasteiger partial charge < -0.3 is 15.7 Å². The topological polar surface area (TPSA) is 61.4 Å². The third-order valence-corrected chi connectivity index (χ3v) is 4.55. The van der Waals surface area contributed by atoms with Crippen LogP contribution in [0.3, 0.4) is 0 Å². The Morgan fingerprint density at radius 1 is 1.60 bits per heavy atom. The van der Waals surface area contributed by atoms with Gasteiger partial charge in [0.1, 0.15) is 0 Å². The third-order valence-electron chi connectivity index (χ3n) is 3.91. The molecule has 1 heterocycles. The van der Waals surface area contributed by atoms with E-state index in [1.165, 1.54) is 12.8 Å². The van der Waals surface area contributed by atoms with Crippen molar-refractivity contribution in [3.05, 3.63) is 22.7 Å². The number of hydrogen-bond acceptors (Lipinski definition) is 3. The minimum Gasteiger partial charge on any atom is -0.505 e. The van der Waals surface area contributed by atoms with E-state index in [1.807, 2.05) is 0 Å². The summed E-state index contributed by atoms with van der Waals surface area (Å²) in [6.07, 6.45) is 2.85. The van der Waals surface area contributed by atoms with Gasteiger partial charge in [0.15, 0.2) is 5.75 Å². The lowest BCUT2D eigenvalue weighted by Crippen LogP contribution is -2.34. The first kappa shape index (κ1) is 15.3. The van der Waals surface area contributed by atoms with E-state index in [9.17, 15) is 9.90 Å². The molecule has 1 aromatic rings. The van der Waals surface area contributed by atoms with Gasteiger partial charge in [-0.15, -0.1) is 0 Å². The number of piperidine rings is 1. The van der Waals surface area contributed by atoms with Crippen molar-refractivity contribution in [3.63, 3.8) is 0 Å². The predicted octanol–water partition coefficient (Wildman–Crippen LogP) is 3.12. The Hall–Kier alpha value is -1.07. The quantitative estimate of drug-likeness (QED) is 0.738. The molecule has 20 heavy (non-hydrogen) atoms. The number of para-hydroxylation sites is 1. The predicted molar refractivity (Wildman–Crippen MR) is 83.8 cm³/mol. The van der Waals surface area contributed by atoms with Crippen LogP contribution >= 0.6 is 15.9 Å². The van der Waals surface area contributed by atoms with Crippen LogP contribution in [0.15, 0.2) is 22.7 Å². The molecular formula is C15H21BrN2O2. The van der Waals surface area contributed by atoms with Gasteiger partial charge in [0.05, 0.1) is 10.2 Å². The van der Waals surface area contributed by atoms with Crippen LogP contribution in [-0.2, 0) is 4.79 Å². The van der Waals surface area contributed by atoms with Crippen LogP contribution in [-0.4, -0.2) is 24.1 Å². The fraction of sp³-hybridized carbons (Fsp3) is 0.533. The van der Waals surface area contributed by atoms with E-state index < -0.39 is 0 Å². The number of benzene rings is 1. The van der Waals surface area contributed by atoms with Gasteiger partial charge >= 0.3 is 0 Å². The summed E-state index contributed by atoms with van der Waals surface area (Å²) in [5.74, 6) is 0.937. The summed E-state index contributed by atoms with van der Waals surface area (Å²) in [6, 6.07) is 5.22. The molecule has 110 valence electrons. The Kier molecular flexibility index (Phi) is 5.43. The highest BCUT2D eigenvalue weighted by atomic mass is 79.9. The second-order valence-electron chi connectivity index (χ2n) is 5.47. The molecular weight excluding hydrogens is 320 g/mol. The Balaban J connectivity index is 1.90. The monoisotopic (exact) mass is 340 g/mol. The SMILES string of the molecule is CC(CC(=O)Nc1cccc(Br)c1O)C1CCCNC1. The molecule has 1 amide bonds. The van der Waals surface area contributed by atoms with Gasteiger partial charge in [0.25, 0.3) is 0 Å². The van der Waals surface area contributed by atoms with Crippen LogP contribution in [0.4, 0.5) is 5.69 Å². The summed E-state index contributed by atoms with van der Waals surface area (Å²) in [5.41, 5.74) is 0.457. The van der Waals surface area contributed by atoms with Crippen molar-refractivity contribution in [3.8, 4) is 5.75 Å². The zero-order chi connectivity index (χ0) is 14.5. The number of phenols is 1. The largest absolute Gasteiger partial charge is 0.505 e. The van der Waals surface area contributed by atoms with E-state index in [4.69, 9.17) is 0 Å². The Bertz CT molecular complexity index is 473. The summed E-state index contributed by atoms with van der Waals surface area (Å²) in [6.45, 7) is 4.20. The Morgan fingerprint density at radius 2 is 2.40 bits per heavy atom. The molecule has 0 aromatic heterocycles. The first-order chi connectivity index (χ1) is 9.58. The molecule has 2 atom stereocenters. The molecule has 0 spiro atoms. The van der Waals surface area contributed by atoms with Crippen molar-refractivity contribution in [2.75, 3.05) is 18.4 Å². The third kappa shape index (κ3) is 3.96. The van der Waals surface area contributed by atoms with Crippen molar-refractivity contribution < 1.29 is 9.90 Å². The molecule has 3 N–H and O–H groups in total. The first-order valence-electron chi connectivity index (χ1n) is 7.06. The summed E-state index contributed by atoms with van der Waals surface area (Å²) >= 11 is 3.24. The van der Waals surface area contributed by atoms with Crippen LogP contribution in [0.5, 0.6) is 5.75 Å². The summed E-state index contributed by atoms with van der Waals surface area (Å²) < 4.78 is 0.583. The molecule has 1 saturated heterocycles. The van der Waals surface area contributed by atoms with Crippen molar-refractivity contribution in [2.24, 2.45) is 11.8 Å². The van der Waals surface area contributed by atoms with Crippen molar-refractivity contribution in [2.45, 2.75) is 26.2 Å². The standard InChI is InChI=1S/C15H21BrN2O2/c1-10(11-4-3-7-17-9-11)8-14(19)18-13-6-2-5-12(16)15(13)20/h2,5-6,10-11,17,20H,3-4,7-9H2,1H3,(H,18,19). The molecule has 1 aliphatic heterocycles. The van der Waals surface area contributed by atoms with E-state index in [0.717, 1.165) is 13.1 Å². The number of carbonyl (C=O) groups excluding carboxylic acids is 1. The fourth-order valence-electron chi connectivity index (χ4n) is 2.64. The highest BCUT2D eigenvalue weighted by Gasteiger charge is 2.22. The highest BCUT2D eigenvalue weighted by Crippen LogP contribution is 2.32. The lowest BCUT2D eigenvalue weighted by molar-refractivity contribution is -0.117. The normalized spacial score (nSPS) is 20.4. The van der Waals surface area contributed by atoms with Crippen LogP contribution in [0, 0.1) is 11.8 Å². The number of anilines is 1. The van der Waals surface area contributed by atoms with Crippen LogP contribution in [0.1, 0.15) is 26.2 Å². The van der Waals surface area contributed by atoms with Crippen LogP contribution in [0.25, 0.3) is 0 Å². The maximum absolute atomic E-state index is 12.1. The average molecular weight is 341 g/mol. The lowest BCUT2D eigenvalue weighted by atomic mass is 9.85. The number of carbonyl (C=O) groups is 1. The molecule has 0 bridgehead atoms. The lowest BCUT2D eigenvalue weighted by Gasteiger charge is -2.28. The van der Waals surface area contributed by atoms with Gasteiger partial charge in [0, 0.05) is 6.42 Å². The smallest absolute Gasteiger partial charge is 0.224 e. The highest BCUT2D eigenvalue weighted by molar-refractivity contribution is 9.10. The zero-order valence-electron chi connectivity index (χ0n) is 11.7.